The lowest BCUT2D eigenvalue weighted by Crippen LogP contribution is -1.90. The molecule has 0 bridgehead atoms. The first-order valence-corrected chi connectivity index (χ1v) is 7.45. The molecule has 2 rings (SSSR count). The molecule has 0 fully saturated rings. The molecule has 0 aromatic heterocycles. The summed E-state index contributed by atoms with van der Waals surface area (Å²) < 4.78 is 6.97. The summed E-state index contributed by atoms with van der Waals surface area (Å²) in [6.07, 6.45) is 0. The van der Waals surface area contributed by atoms with Crippen LogP contribution in [0.1, 0.15) is 11.1 Å². The quantitative estimate of drug-likeness (QED) is 0.532. The summed E-state index contributed by atoms with van der Waals surface area (Å²) in [5, 5.41) is 9.60. The number of hydrogen-bond donors (Lipinski definition) is 0. The van der Waals surface area contributed by atoms with Gasteiger partial charge >= 0.3 is 0 Å². The molecule has 0 atom stereocenters. The summed E-state index contributed by atoms with van der Waals surface area (Å²) in [7, 11) is 0. The van der Waals surface area contributed by atoms with Crippen molar-refractivity contribution in [1.82, 2.24) is 0 Å². The number of rotatable bonds is 3. The van der Waals surface area contributed by atoms with Gasteiger partial charge < -0.3 is 4.74 Å². The summed E-state index contributed by atoms with van der Waals surface area (Å²) in [6.45, 7) is 0. The van der Waals surface area contributed by atoms with Crippen molar-refractivity contribution in [2.24, 2.45) is 0 Å². The molecule has 18 heavy (non-hydrogen) atoms. The van der Waals surface area contributed by atoms with Gasteiger partial charge in [0.2, 0.25) is 0 Å². The van der Waals surface area contributed by atoms with Gasteiger partial charge in [0, 0.05) is 14.5 Å². The summed E-state index contributed by atoms with van der Waals surface area (Å²) in [5.74, 6) is 1.49. The molecular weight excluding hydrogens is 405 g/mol. The molecule has 0 aliphatic heterocycles. The Bertz CT molecular complexity index is 590. The zero-order valence-electron chi connectivity index (χ0n) is 9.36. The number of ether oxygens (including phenoxy) is 1. The third-order valence-electron chi connectivity index (χ3n) is 2.38. The fourth-order valence-electron chi connectivity index (χ4n) is 1.46. The van der Waals surface area contributed by atoms with Gasteiger partial charge in [-0.2, -0.15) is 5.26 Å². The lowest BCUT2D eigenvalue weighted by atomic mass is 10.1. The molecule has 0 spiro atoms. The van der Waals surface area contributed by atoms with Crippen molar-refractivity contribution in [1.29, 1.82) is 5.26 Å². The topological polar surface area (TPSA) is 33.0 Å². The van der Waals surface area contributed by atoms with Crippen molar-refractivity contribution in [3.05, 3.63) is 57.2 Å². The van der Waals surface area contributed by atoms with Gasteiger partial charge in [-0.25, -0.2) is 0 Å². The average Bonchev–Trinajstić information content (AvgIpc) is 2.41. The van der Waals surface area contributed by atoms with Gasteiger partial charge in [-0.3, -0.25) is 0 Å². The number of nitrogens with zero attached hydrogens (tertiary/aromatic N) is 1. The van der Waals surface area contributed by atoms with Gasteiger partial charge in [0.15, 0.2) is 0 Å². The van der Waals surface area contributed by atoms with E-state index in [1.807, 2.05) is 30.3 Å². The highest BCUT2D eigenvalue weighted by molar-refractivity contribution is 14.1. The zero-order chi connectivity index (χ0) is 13.0. The number of hydrogen-bond acceptors (Lipinski definition) is 2. The number of alkyl halides is 1. The van der Waals surface area contributed by atoms with E-state index in [1.165, 1.54) is 0 Å². The summed E-state index contributed by atoms with van der Waals surface area (Å²) in [5.41, 5.74) is 1.62. The molecule has 0 aliphatic rings. The van der Waals surface area contributed by atoms with Crippen LogP contribution < -0.4 is 4.74 Å². The smallest absolute Gasteiger partial charge is 0.132 e. The first-order valence-electron chi connectivity index (χ1n) is 5.25. The number of nitriles is 1. The van der Waals surface area contributed by atoms with E-state index in [1.54, 1.807) is 12.1 Å². The van der Waals surface area contributed by atoms with Gasteiger partial charge in [0.25, 0.3) is 0 Å². The first-order chi connectivity index (χ1) is 8.72. The SMILES string of the molecule is N#Cc1ccc(CBr)c(Oc2ccc(I)cc2)c1. The van der Waals surface area contributed by atoms with Crippen LogP contribution in [0.15, 0.2) is 42.5 Å². The van der Waals surface area contributed by atoms with Gasteiger partial charge in [0.05, 0.1) is 11.6 Å². The second kappa shape index (κ2) is 6.21. The molecule has 0 amide bonds. The van der Waals surface area contributed by atoms with Crippen molar-refractivity contribution in [3.63, 3.8) is 0 Å². The van der Waals surface area contributed by atoms with E-state index in [0.29, 0.717) is 16.6 Å². The number of benzene rings is 2. The highest BCUT2D eigenvalue weighted by Crippen LogP contribution is 2.28. The Morgan fingerprint density at radius 1 is 1.17 bits per heavy atom. The maximum absolute atomic E-state index is 8.91. The van der Waals surface area contributed by atoms with Gasteiger partial charge in [0.1, 0.15) is 11.5 Å². The van der Waals surface area contributed by atoms with Gasteiger partial charge in [-0.1, -0.05) is 22.0 Å². The predicted molar refractivity (Wildman–Crippen MR) is 83.0 cm³/mol. The van der Waals surface area contributed by atoms with E-state index in [9.17, 15) is 0 Å². The Morgan fingerprint density at radius 3 is 2.50 bits per heavy atom. The van der Waals surface area contributed by atoms with Crippen molar-refractivity contribution >= 4 is 38.5 Å². The Labute approximate surface area is 128 Å². The Kier molecular flexibility index (Phi) is 4.61. The van der Waals surface area contributed by atoms with Crippen molar-refractivity contribution in [3.8, 4) is 17.6 Å². The Morgan fingerprint density at radius 2 is 1.89 bits per heavy atom. The largest absolute Gasteiger partial charge is 0.457 e. The third-order valence-corrected chi connectivity index (χ3v) is 3.70. The molecule has 0 aliphatic carbocycles. The van der Waals surface area contributed by atoms with E-state index in [0.717, 1.165) is 14.9 Å². The van der Waals surface area contributed by atoms with Crippen LogP contribution >= 0.6 is 38.5 Å². The zero-order valence-corrected chi connectivity index (χ0v) is 13.1. The molecule has 90 valence electrons. The lowest BCUT2D eigenvalue weighted by molar-refractivity contribution is 0.478. The van der Waals surface area contributed by atoms with E-state index in [4.69, 9.17) is 10.00 Å². The second-order valence-electron chi connectivity index (χ2n) is 3.62. The fraction of sp³-hybridized carbons (Fsp3) is 0.0714. The minimum Gasteiger partial charge on any atom is -0.457 e. The average molecular weight is 414 g/mol. The monoisotopic (exact) mass is 413 g/mol. The fourth-order valence-corrected chi connectivity index (χ4v) is 2.28. The lowest BCUT2D eigenvalue weighted by Gasteiger charge is -2.10. The van der Waals surface area contributed by atoms with Crippen LogP contribution in [0.3, 0.4) is 0 Å². The summed E-state index contributed by atoms with van der Waals surface area (Å²) >= 11 is 5.66. The van der Waals surface area contributed by atoms with Crippen LogP contribution in [0.2, 0.25) is 0 Å². The van der Waals surface area contributed by atoms with Crippen LogP contribution in [0.5, 0.6) is 11.5 Å². The van der Waals surface area contributed by atoms with E-state index in [2.05, 4.69) is 44.6 Å². The summed E-state index contributed by atoms with van der Waals surface area (Å²) in [4.78, 5) is 0. The summed E-state index contributed by atoms with van der Waals surface area (Å²) in [6, 6.07) is 15.4. The van der Waals surface area contributed by atoms with Crippen molar-refractivity contribution < 1.29 is 4.74 Å². The van der Waals surface area contributed by atoms with E-state index in [-0.39, 0.29) is 0 Å². The molecular formula is C14H9BrINO. The highest BCUT2D eigenvalue weighted by atomic mass is 127. The Hall–Kier alpha value is -1.06. The highest BCUT2D eigenvalue weighted by Gasteiger charge is 2.05. The normalized spacial score (nSPS) is 9.83. The standard InChI is InChI=1S/C14H9BrINO/c15-8-11-2-1-10(9-17)7-14(11)18-13-5-3-12(16)4-6-13/h1-7H,8H2. The molecule has 2 aromatic carbocycles. The second-order valence-corrected chi connectivity index (χ2v) is 5.43. The molecule has 0 unspecified atom stereocenters. The van der Waals surface area contributed by atoms with Crippen molar-refractivity contribution in [2.45, 2.75) is 5.33 Å². The van der Waals surface area contributed by atoms with E-state index < -0.39 is 0 Å². The molecule has 0 saturated carbocycles. The predicted octanol–water partition coefficient (Wildman–Crippen LogP) is 4.85. The third kappa shape index (κ3) is 3.24. The van der Waals surface area contributed by atoms with Gasteiger partial charge in [-0.15, -0.1) is 0 Å². The molecule has 0 saturated heterocycles. The van der Waals surface area contributed by atoms with Crippen molar-refractivity contribution in [2.75, 3.05) is 0 Å². The number of halogens is 2. The molecule has 0 heterocycles. The van der Waals surface area contributed by atoms with Crippen LogP contribution in [0, 0.1) is 14.9 Å². The maximum atomic E-state index is 8.91. The molecule has 2 nitrogen and oxygen atoms in total. The van der Waals surface area contributed by atoms with Crippen LogP contribution in [-0.2, 0) is 5.33 Å². The van der Waals surface area contributed by atoms with Gasteiger partial charge in [-0.05, 0) is 59.0 Å². The minimum absolute atomic E-state index is 0.597. The molecule has 0 N–H and O–H groups in total. The van der Waals surface area contributed by atoms with Crippen LogP contribution in [0.4, 0.5) is 0 Å². The van der Waals surface area contributed by atoms with Crippen LogP contribution in [0.25, 0.3) is 0 Å². The molecule has 2 aromatic rings. The minimum atomic E-state index is 0.597. The molecule has 4 heteroatoms. The molecule has 0 radical (unpaired) electrons. The van der Waals surface area contributed by atoms with Crippen LogP contribution in [-0.4, -0.2) is 0 Å². The van der Waals surface area contributed by atoms with E-state index >= 15 is 0 Å². The first kappa shape index (κ1) is 13.4. The Balaban J connectivity index is 2.32. The maximum Gasteiger partial charge on any atom is 0.132 e.